The van der Waals surface area contributed by atoms with Gasteiger partial charge in [-0.1, -0.05) is 6.92 Å². The lowest BCUT2D eigenvalue weighted by molar-refractivity contribution is 0.178. The molecule has 118 valence electrons. The summed E-state index contributed by atoms with van der Waals surface area (Å²) in [6, 6.07) is 2.48. The summed E-state index contributed by atoms with van der Waals surface area (Å²) in [4.78, 5) is 11.4. The number of piperidine rings is 1. The molecule has 6 heteroatoms. The number of hydrogen-bond donors (Lipinski definition) is 2. The second-order valence-electron chi connectivity index (χ2n) is 5.64. The fourth-order valence-electron chi connectivity index (χ4n) is 2.47. The van der Waals surface area contributed by atoms with Gasteiger partial charge < -0.3 is 20.3 Å². The average Bonchev–Trinajstić information content (AvgIpc) is 2.48. The Labute approximate surface area is 127 Å². The number of nitrogens with zero attached hydrogens (tertiary/aromatic N) is 3. The summed E-state index contributed by atoms with van der Waals surface area (Å²) in [6.07, 6.45) is 3.37. The maximum Gasteiger partial charge on any atom is 0.158 e. The highest BCUT2D eigenvalue weighted by atomic mass is 16.5. The fraction of sp³-hybridized carbons (Fsp3) is 0.733. The topological polar surface area (TPSA) is 62.3 Å². The molecule has 0 saturated carbocycles. The van der Waals surface area contributed by atoms with Crippen molar-refractivity contribution >= 4 is 11.6 Å². The van der Waals surface area contributed by atoms with Gasteiger partial charge in [0, 0.05) is 25.8 Å². The SMILES string of the molecule is CCCNc1cc(NC2CCN(C)CC2)nc(COC)n1. The third-order valence-electron chi connectivity index (χ3n) is 3.67. The summed E-state index contributed by atoms with van der Waals surface area (Å²) >= 11 is 0. The summed E-state index contributed by atoms with van der Waals surface area (Å²) in [5.41, 5.74) is 0. The molecule has 2 heterocycles. The average molecular weight is 293 g/mol. The second kappa shape index (κ2) is 8.14. The molecule has 6 nitrogen and oxygen atoms in total. The van der Waals surface area contributed by atoms with Crippen LogP contribution in [-0.2, 0) is 11.3 Å². The molecule has 1 aliphatic rings. The van der Waals surface area contributed by atoms with Gasteiger partial charge in [0.2, 0.25) is 0 Å². The zero-order chi connectivity index (χ0) is 15.1. The first kappa shape index (κ1) is 16.0. The lowest BCUT2D eigenvalue weighted by Gasteiger charge is -2.29. The second-order valence-corrected chi connectivity index (χ2v) is 5.64. The van der Waals surface area contributed by atoms with Crippen molar-refractivity contribution in [1.29, 1.82) is 0 Å². The Kier molecular flexibility index (Phi) is 6.20. The van der Waals surface area contributed by atoms with E-state index in [2.05, 4.69) is 39.5 Å². The van der Waals surface area contributed by atoms with Crippen LogP contribution in [0.5, 0.6) is 0 Å². The third-order valence-corrected chi connectivity index (χ3v) is 3.67. The van der Waals surface area contributed by atoms with Gasteiger partial charge in [-0.05, 0) is 39.4 Å². The van der Waals surface area contributed by atoms with E-state index in [4.69, 9.17) is 4.74 Å². The van der Waals surface area contributed by atoms with Crippen molar-refractivity contribution in [3.63, 3.8) is 0 Å². The van der Waals surface area contributed by atoms with Crippen molar-refractivity contribution in [2.24, 2.45) is 0 Å². The molecule has 0 radical (unpaired) electrons. The molecular weight excluding hydrogens is 266 g/mol. The van der Waals surface area contributed by atoms with E-state index in [1.54, 1.807) is 7.11 Å². The number of hydrogen-bond acceptors (Lipinski definition) is 6. The largest absolute Gasteiger partial charge is 0.377 e. The number of likely N-dealkylation sites (tertiary alicyclic amines) is 1. The minimum atomic E-state index is 0.434. The highest BCUT2D eigenvalue weighted by Crippen LogP contribution is 2.17. The zero-order valence-electron chi connectivity index (χ0n) is 13.4. The number of aromatic nitrogens is 2. The Bertz CT molecular complexity index is 432. The number of methoxy groups -OCH3 is 1. The molecule has 0 bridgehead atoms. The molecule has 0 atom stereocenters. The minimum absolute atomic E-state index is 0.434. The highest BCUT2D eigenvalue weighted by molar-refractivity contribution is 5.48. The first-order chi connectivity index (χ1) is 10.2. The molecule has 1 aliphatic heterocycles. The van der Waals surface area contributed by atoms with E-state index in [1.807, 2.05) is 6.07 Å². The highest BCUT2D eigenvalue weighted by Gasteiger charge is 2.17. The molecule has 2 rings (SSSR count). The Hall–Kier alpha value is -1.40. The predicted octanol–water partition coefficient (Wildman–Crippen LogP) is 1.95. The molecule has 21 heavy (non-hydrogen) atoms. The van der Waals surface area contributed by atoms with Crippen molar-refractivity contribution in [3.05, 3.63) is 11.9 Å². The normalized spacial score (nSPS) is 16.9. The van der Waals surface area contributed by atoms with E-state index < -0.39 is 0 Å². The number of ether oxygens (including phenoxy) is 1. The van der Waals surface area contributed by atoms with Gasteiger partial charge >= 0.3 is 0 Å². The summed E-state index contributed by atoms with van der Waals surface area (Å²) in [7, 11) is 3.84. The standard InChI is InChI=1S/C15H27N5O/c1-4-7-16-13-10-14(19-15(18-13)11-21-3)17-12-5-8-20(2)9-6-12/h10,12H,4-9,11H2,1-3H3,(H2,16,17,18,19). The zero-order valence-corrected chi connectivity index (χ0v) is 13.4. The predicted molar refractivity (Wildman–Crippen MR) is 85.7 cm³/mol. The van der Waals surface area contributed by atoms with Crippen LogP contribution < -0.4 is 10.6 Å². The molecular formula is C15H27N5O. The number of anilines is 2. The molecule has 0 unspecified atom stereocenters. The summed E-state index contributed by atoms with van der Waals surface area (Å²) in [5.74, 6) is 2.48. The Balaban J connectivity index is 2.03. The Morgan fingerprint density at radius 1 is 1.29 bits per heavy atom. The first-order valence-corrected chi connectivity index (χ1v) is 7.77. The van der Waals surface area contributed by atoms with Gasteiger partial charge in [-0.2, -0.15) is 0 Å². The lowest BCUT2D eigenvalue weighted by atomic mass is 10.1. The maximum atomic E-state index is 5.16. The van der Waals surface area contributed by atoms with Crippen LogP contribution in [0.3, 0.4) is 0 Å². The van der Waals surface area contributed by atoms with Gasteiger partial charge in [-0.25, -0.2) is 9.97 Å². The van der Waals surface area contributed by atoms with Crippen LogP contribution in [0.25, 0.3) is 0 Å². The van der Waals surface area contributed by atoms with E-state index in [0.717, 1.165) is 50.5 Å². The molecule has 2 N–H and O–H groups in total. The molecule has 1 fully saturated rings. The van der Waals surface area contributed by atoms with Gasteiger partial charge in [0.05, 0.1) is 0 Å². The van der Waals surface area contributed by atoms with Crippen LogP contribution in [0.4, 0.5) is 11.6 Å². The minimum Gasteiger partial charge on any atom is -0.377 e. The van der Waals surface area contributed by atoms with Crippen LogP contribution in [-0.4, -0.2) is 54.7 Å². The van der Waals surface area contributed by atoms with Gasteiger partial charge in [0.15, 0.2) is 5.82 Å². The summed E-state index contributed by atoms with van der Waals surface area (Å²) in [6.45, 7) is 5.76. The quantitative estimate of drug-likeness (QED) is 0.801. The van der Waals surface area contributed by atoms with Crippen LogP contribution in [0.1, 0.15) is 32.0 Å². The molecule has 0 aromatic carbocycles. The fourth-order valence-corrected chi connectivity index (χ4v) is 2.47. The van der Waals surface area contributed by atoms with Gasteiger partial charge in [0.25, 0.3) is 0 Å². The lowest BCUT2D eigenvalue weighted by Crippen LogP contribution is -2.37. The third kappa shape index (κ3) is 5.13. The van der Waals surface area contributed by atoms with Crippen molar-refractivity contribution in [1.82, 2.24) is 14.9 Å². The van der Waals surface area contributed by atoms with Crippen molar-refractivity contribution < 1.29 is 4.74 Å². The molecule has 0 amide bonds. The monoisotopic (exact) mass is 293 g/mol. The smallest absolute Gasteiger partial charge is 0.158 e. The Morgan fingerprint density at radius 3 is 2.67 bits per heavy atom. The first-order valence-electron chi connectivity index (χ1n) is 7.77. The molecule has 1 aromatic rings. The number of nitrogens with one attached hydrogen (secondary N) is 2. The number of rotatable bonds is 7. The molecule has 0 spiro atoms. The van der Waals surface area contributed by atoms with Crippen LogP contribution in [0.15, 0.2) is 6.07 Å². The molecule has 1 aromatic heterocycles. The Morgan fingerprint density at radius 2 is 2.00 bits per heavy atom. The van der Waals surface area contributed by atoms with Crippen LogP contribution in [0, 0.1) is 0 Å². The van der Waals surface area contributed by atoms with E-state index >= 15 is 0 Å². The molecule has 1 saturated heterocycles. The van der Waals surface area contributed by atoms with Crippen LogP contribution >= 0.6 is 0 Å². The van der Waals surface area contributed by atoms with Gasteiger partial charge in [0.1, 0.15) is 18.2 Å². The molecule has 0 aliphatic carbocycles. The van der Waals surface area contributed by atoms with E-state index in [9.17, 15) is 0 Å². The van der Waals surface area contributed by atoms with Crippen molar-refractivity contribution in [2.75, 3.05) is 44.4 Å². The summed E-state index contributed by atoms with van der Waals surface area (Å²) < 4.78 is 5.16. The van der Waals surface area contributed by atoms with E-state index in [-0.39, 0.29) is 0 Å². The van der Waals surface area contributed by atoms with Gasteiger partial charge in [-0.15, -0.1) is 0 Å². The maximum absolute atomic E-state index is 5.16. The van der Waals surface area contributed by atoms with Crippen molar-refractivity contribution in [3.8, 4) is 0 Å². The van der Waals surface area contributed by atoms with E-state index in [1.165, 1.54) is 0 Å². The summed E-state index contributed by atoms with van der Waals surface area (Å²) in [5, 5.41) is 6.87. The van der Waals surface area contributed by atoms with Crippen LogP contribution in [0.2, 0.25) is 0 Å². The van der Waals surface area contributed by atoms with Gasteiger partial charge in [-0.3, -0.25) is 0 Å². The van der Waals surface area contributed by atoms with Crippen molar-refractivity contribution in [2.45, 2.75) is 38.8 Å². The van der Waals surface area contributed by atoms with E-state index in [0.29, 0.717) is 18.5 Å².